The van der Waals surface area contributed by atoms with Crippen molar-refractivity contribution >= 4 is 15.9 Å². The van der Waals surface area contributed by atoms with Gasteiger partial charge in [0.25, 0.3) is 0 Å². The van der Waals surface area contributed by atoms with Gasteiger partial charge in [0.05, 0.1) is 5.69 Å². The van der Waals surface area contributed by atoms with Crippen LogP contribution in [0.15, 0.2) is 12.3 Å². The monoisotopic (exact) mass is 213 g/mol. The lowest BCUT2D eigenvalue weighted by Crippen LogP contribution is -1.94. The molecule has 0 aromatic carbocycles. The number of nitrogens with zero attached hydrogens (tertiary/aromatic N) is 1. The summed E-state index contributed by atoms with van der Waals surface area (Å²) in [5.74, 6) is 0. The largest absolute Gasteiger partial charge is 0.260 e. The fraction of sp³-hybridized carbons (Fsp3) is 0.444. The van der Waals surface area contributed by atoms with E-state index in [0.29, 0.717) is 0 Å². The molecule has 0 aliphatic rings. The van der Waals surface area contributed by atoms with Crippen molar-refractivity contribution in [3.05, 3.63) is 29.1 Å². The second-order valence-electron chi connectivity index (χ2n) is 2.53. The summed E-state index contributed by atoms with van der Waals surface area (Å²) in [5.41, 5.74) is 3.88. The predicted molar refractivity (Wildman–Crippen MR) is 51.0 cm³/mol. The minimum absolute atomic E-state index is 0.854. The Labute approximate surface area is 76.0 Å². The molecule has 60 valence electrons. The first-order chi connectivity index (χ1) is 5.29. The molecule has 11 heavy (non-hydrogen) atoms. The molecule has 0 radical (unpaired) electrons. The van der Waals surface area contributed by atoms with E-state index in [0.717, 1.165) is 17.4 Å². The van der Waals surface area contributed by atoms with Gasteiger partial charge in [0.2, 0.25) is 0 Å². The fourth-order valence-corrected chi connectivity index (χ4v) is 1.71. The Morgan fingerprint density at radius 1 is 1.55 bits per heavy atom. The Kier molecular flexibility index (Phi) is 3.06. The predicted octanol–water partition coefficient (Wildman–Crippen LogP) is 2.85. The minimum Gasteiger partial charge on any atom is -0.260 e. The first-order valence-electron chi connectivity index (χ1n) is 3.79. The lowest BCUT2D eigenvalue weighted by molar-refractivity contribution is 1.04. The quantitative estimate of drug-likeness (QED) is 0.690. The lowest BCUT2D eigenvalue weighted by atomic mass is 10.1. The van der Waals surface area contributed by atoms with E-state index < -0.39 is 0 Å². The molecule has 0 amide bonds. The summed E-state index contributed by atoms with van der Waals surface area (Å²) >= 11 is 3.41. The highest BCUT2D eigenvalue weighted by atomic mass is 79.9. The van der Waals surface area contributed by atoms with Crippen LogP contribution in [0, 0.1) is 6.92 Å². The number of aromatic nitrogens is 1. The molecule has 1 aromatic rings. The molecule has 0 bridgehead atoms. The Hall–Kier alpha value is -0.370. The van der Waals surface area contributed by atoms with Crippen LogP contribution < -0.4 is 0 Å². The molecule has 0 unspecified atom stereocenters. The van der Waals surface area contributed by atoms with Gasteiger partial charge in [-0.05, 0) is 30.5 Å². The number of hydrogen-bond acceptors (Lipinski definition) is 1. The van der Waals surface area contributed by atoms with Crippen molar-refractivity contribution in [3.8, 4) is 0 Å². The van der Waals surface area contributed by atoms with E-state index >= 15 is 0 Å². The summed E-state index contributed by atoms with van der Waals surface area (Å²) in [6.45, 7) is 4.29. The molecule has 0 aliphatic carbocycles. The van der Waals surface area contributed by atoms with Crippen LogP contribution in [0.25, 0.3) is 0 Å². The molecule has 1 nitrogen and oxygen atoms in total. The van der Waals surface area contributed by atoms with E-state index in [-0.39, 0.29) is 0 Å². The first-order valence-corrected chi connectivity index (χ1v) is 4.91. The lowest BCUT2D eigenvalue weighted by Gasteiger charge is -2.05. The fourth-order valence-electron chi connectivity index (χ4n) is 1.14. The number of alkyl halides is 1. The summed E-state index contributed by atoms with van der Waals surface area (Å²) < 4.78 is 0. The SMILES string of the molecule is CCc1ccnc(CBr)c1C. The Bertz CT molecular complexity index is 223. The Balaban J connectivity index is 3.10. The number of halogens is 1. The average Bonchev–Trinajstić information content (AvgIpc) is 2.05. The molecule has 0 atom stereocenters. The smallest absolute Gasteiger partial charge is 0.0540 e. The maximum absolute atomic E-state index is 4.26. The molecule has 0 aliphatic heterocycles. The highest BCUT2D eigenvalue weighted by molar-refractivity contribution is 9.08. The Morgan fingerprint density at radius 3 is 2.82 bits per heavy atom. The van der Waals surface area contributed by atoms with Crippen LogP contribution in [-0.2, 0) is 11.8 Å². The van der Waals surface area contributed by atoms with E-state index in [1.165, 1.54) is 11.1 Å². The van der Waals surface area contributed by atoms with Gasteiger partial charge in [-0.15, -0.1) is 0 Å². The third-order valence-electron chi connectivity index (χ3n) is 1.93. The molecule has 2 heteroatoms. The molecule has 0 N–H and O–H groups in total. The van der Waals surface area contributed by atoms with Crippen LogP contribution in [0.3, 0.4) is 0 Å². The second kappa shape index (κ2) is 3.86. The summed E-state index contributed by atoms with van der Waals surface area (Å²) in [7, 11) is 0. The summed E-state index contributed by atoms with van der Waals surface area (Å²) in [5, 5.41) is 0.854. The zero-order valence-electron chi connectivity index (χ0n) is 6.89. The molecule has 1 rings (SSSR count). The van der Waals surface area contributed by atoms with Gasteiger partial charge >= 0.3 is 0 Å². The van der Waals surface area contributed by atoms with E-state index in [4.69, 9.17) is 0 Å². The van der Waals surface area contributed by atoms with E-state index in [1.807, 2.05) is 6.20 Å². The zero-order valence-corrected chi connectivity index (χ0v) is 8.48. The number of aryl methyl sites for hydroxylation is 1. The highest BCUT2D eigenvalue weighted by Crippen LogP contribution is 2.13. The van der Waals surface area contributed by atoms with E-state index in [1.54, 1.807) is 0 Å². The van der Waals surface area contributed by atoms with Crippen molar-refractivity contribution in [1.82, 2.24) is 4.98 Å². The van der Waals surface area contributed by atoms with Gasteiger partial charge < -0.3 is 0 Å². The van der Waals surface area contributed by atoms with Gasteiger partial charge in [-0.2, -0.15) is 0 Å². The van der Waals surface area contributed by atoms with Crippen molar-refractivity contribution < 1.29 is 0 Å². The van der Waals surface area contributed by atoms with Crippen molar-refractivity contribution in [3.63, 3.8) is 0 Å². The Morgan fingerprint density at radius 2 is 2.27 bits per heavy atom. The summed E-state index contributed by atoms with van der Waals surface area (Å²) in [6.07, 6.45) is 2.97. The molecule has 0 saturated carbocycles. The van der Waals surface area contributed by atoms with Crippen molar-refractivity contribution in [2.75, 3.05) is 0 Å². The first kappa shape index (κ1) is 8.72. The van der Waals surface area contributed by atoms with Crippen LogP contribution in [0.5, 0.6) is 0 Å². The summed E-state index contributed by atoms with van der Waals surface area (Å²) in [4.78, 5) is 4.26. The van der Waals surface area contributed by atoms with Gasteiger partial charge in [0, 0.05) is 11.5 Å². The van der Waals surface area contributed by atoms with Gasteiger partial charge in [0.15, 0.2) is 0 Å². The number of pyridine rings is 1. The van der Waals surface area contributed by atoms with Crippen molar-refractivity contribution in [2.24, 2.45) is 0 Å². The number of hydrogen-bond donors (Lipinski definition) is 0. The maximum Gasteiger partial charge on any atom is 0.0540 e. The average molecular weight is 214 g/mol. The highest BCUT2D eigenvalue weighted by Gasteiger charge is 2.00. The van der Waals surface area contributed by atoms with Crippen LogP contribution in [0.1, 0.15) is 23.7 Å². The topological polar surface area (TPSA) is 12.9 Å². The molecule has 0 fully saturated rings. The van der Waals surface area contributed by atoms with Crippen LogP contribution >= 0.6 is 15.9 Å². The van der Waals surface area contributed by atoms with Gasteiger partial charge in [-0.25, -0.2) is 0 Å². The number of rotatable bonds is 2. The van der Waals surface area contributed by atoms with Crippen molar-refractivity contribution in [1.29, 1.82) is 0 Å². The van der Waals surface area contributed by atoms with Gasteiger partial charge in [0.1, 0.15) is 0 Å². The van der Waals surface area contributed by atoms with Crippen LogP contribution in [-0.4, -0.2) is 4.98 Å². The molecule has 1 heterocycles. The van der Waals surface area contributed by atoms with Gasteiger partial charge in [-0.1, -0.05) is 22.9 Å². The van der Waals surface area contributed by atoms with Crippen molar-refractivity contribution in [2.45, 2.75) is 25.6 Å². The maximum atomic E-state index is 4.26. The van der Waals surface area contributed by atoms with Gasteiger partial charge in [-0.3, -0.25) is 4.98 Å². The zero-order chi connectivity index (χ0) is 8.27. The molecule has 0 saturated heterocycles. The van der Waals surface area contributed by atoms with E-state index in [9.17, 15) is 0 Å². The molecule has 1 aromatic heterocycles. The minimum atomic E-state index is 0.854. The van der Waals surface area contributed by atoms with Crippen LogP contribution in [0.2, 0.25) is 0 Å². The van der Waals surface area contributed by atoms with Crippen LogP contribution in [0.4, 0.5) is 0 Å². The normalized spacial score (nSPS) is 10.1. The molecule has 0 spiro atoms. The second-order valence-corrected chi connectivity index (χ2v) is 3.09. The van der Waals surface area contributed by atoms with E-state index in [2.05, 4.69) is 40.8 Å². The third-order valence-corrected chi connectivity index (χ3v) is 2.46. The summed E-state index contributed by atoms with van der Waals surface area (Å²) in [6, 6.07) is 2.08. The molecular formula is C9H12BrN. The molecular weight excluding hydrogens is 202 g/mol. The standard InChI is InChI=1S/C9H12BrN/c1-3-8-4-5-11-9(6-10)7(8)2/h4-5H,3,6H2,1-2H3. The third kappa shape index (κ3) is 1.80.